The number of benzene rings is 2. The SMILES string of the molecule is C#Cc1ccc(S(=O)(=O)NCC(F)(F)F)cc1CC(=O)Cc1cccc(C(F)(F)F)c1. The molecule has 0 spiro atoms. The van der Waals surface area contributed by atoms with Gasteiger partial charge in [0, 0.05) is 18.4 Å². The van der Waals surface area contributed by atoms with Crippen molar-refractivity contribution >= 4 is 15.8 Å². The van der Waals surface area contributed by atoms with Crippen LogP contribution in [-0.4, -0.2) is 26.9 Å². The lowest BCUT2D eigenvalue weighted by Crippen LogP contribution is -2.33. The number of halogens is 6. The third-order valence-electron chi connectivity index (χ3n) is 4.05. The van der Waals surface area contributed by atoms with Crippen molar-refractivity contribution in [3.63, 3.8) is 0 Å². The molecule has 4 nitrogen and oxygen atoms in total. The maximum Gasteiger partial charge on any atom is 0.416 e. The summed E-state index contributed by atoms with van der Waals surface area (Å²) in [6.45, 7) is -1.78. The van der Waals surface area contributed by atoms with Crippen LogP contribution in [0.25, 0.3) is 0 Å². The van der Waals surface area contributed by atoms with Crippen molar-refractivity contribution in [2.24, 2.45) is 0 Å². The predicted octanol–water partition coefficient (Wildman–Crippen LogP) is 3.88. The van der Waals surface area contributed by atoms with Crippen molar-refractivity contribution in [1.82, 2.24) is 4.72 Å². The number of carbonyl (C=O) groups is 1. The molecule has 0 saturated heterocycles. The van der Waals surface area contributed by atoms with Gasteiger partial charge in [-0.1, -0.05) is 24.1 Å². The van der Waals surface area contributed by atoms with E-state index in [1.165, 1.54) is 10.8 Å². The highest BCUT2D eigenvalue weighted by molar-refractivity contribution is 7.89. The first-order chi connectivity index (χ1) is 14.2. The zero-order chi connectivity index (χ0) is 23.4. The van der Waals surface area contributed by atoms with E-state index in [1.807, 2.05) is 0 Å². The Morgan fingerprint density at radius 1 is 1.00 bits per heavy atom. The van der Waals surface area contributed by atoms with Gasteiger partial charge in [-0.15, -0.1) is 6.42 Å². The fraction of sp³-hybridized carbons (Fsp3) is 0.250. The molecule has 166 valence electrons. The third kappa shape index (κ3) is 7.11. The van der Waals surface area contributed by atoms with E-state index in [-0.39, 0.29) is 23.1 Å². The van der Waals surface area contributed by atoms with Crippen LogP contribution in [0.3, 0.4) is 0 Å². The molecule has 0 amide bonds. The molecule has 0 fully saturated rings. The maximum atomic E-state index is 12.8. The Hall–Kier alpha value is -2.84. The summed E-state index contributed by atoms with van der Waals surface area (Å²) >= 11 is 0. The number of nitrogens with one attached hydrogen (secondary N) is 1. The lowest BCUT2D eigenvalue weighted by atomic mass is 9.98. The van der Waals surface area contributed by atoms with Gasteiger partial charge >= 0.3 is 12.4 Å². The first kappa shape index (κ1) is 24.4. The zero-order valence-corrected chi connectivity index (χ0v) is 16.5. The van der Waals surface area contributed by atoms with E-state index < -0.39 is 51.6 Å². The Morgan fingerprint density at radius 3 is 2.26 bits per heavy atom. The van der Waals surface area contributed by atoms with Gasteiger partial charge < -0.3 is 0 Å². The van der Waals surface area contributed by atoms with Gasteiger partial charge in [0.1, 0.15) is 12.3 Å². The van der Waals surface area contributed by atoms with Gasteiger partial charge in [-0.2, -0.15) is 26.3 Å². The Bertz CT molecular complexity index is 1110. The molecule has 31 heavy (non-hydrogen) atoms. The minimum Gasteiger partial charge on any atom is -0.299 e. The molecule has 0 heterocycles. The van der Waals surface area contributed by atoms with Gasteiger partial charge in [0.25, 0.3) is 0 Å². The van der Waals surface area contributed by atoms with Crippen LogP contribution in [0.2, 0.25) is 0 Å². The summed E-state index contributed by atoms with van der Waals surface area (Å²) in [6.07, 6.45) is -4.82. The normalized spacial score (nSPS) is 12.4. The van der Waals surface area contributed by atoms with Crippen molar-refractivity contribution < 1.29 is 39.6 Å². The maximum absolute atomic E-state index is 12.8. The summed E-state index contributed by atoms with van der Waals surface area (Å²) in [6, 6.07) is 7.28. The lowest BCUT2D eigenvalue weighted by Gasteiger charge is -2.12. The minimum absolute atomic E-state index is 0.0503. The molecule has 2 rings (SSSR count). The molecule has 0 aliphatic heterocycles. The smallest absolute Gasteiger partial charge is 0.299 e. The Morgan fingerprint density at radius 2 is 1.68 bits per heavy atom. The summed E-state index contributed by atoms with van der Waals surface area (Å²) in [5, 5.41) is 0. The molecule has 0 radical (unpaired) electrons. The van der Waals surface area contributed by atoms with Crippen LogP contribution >= 0.6 is 0 Å². The molecule has 0 aliphatic carbocycles. The Labute approximate surface area is 174 Å². The summed E-state index contributed by atoms with van der Waals surface area (Å²) in [5.74, 6) is 1.67. The number of terminal acetylenes is 1. The second-order valence-corrected chi connectivity index (χ2v) is 8.26. The number of sulfonamides is 1. The summed E-state index contributed by atoms with van der Waals surface area (Å²) in [7, 11) is -4.53. The number of rotatable bonds is 7. The van der Waals surface area contributed by atoms with Gasteiger partial charge in [0.15, 0.2) is 0 Å². The standard InChI is InChI=1S/C20H15F6NO3S/c1-2-14-6-7-18(31(29,30)27-12-19(21,22)23)11-15(14)10-17(28)9-13-4-3-5-16(8-13)20(24,25)26/h1,3-8,11,27H,9-10,12H2. The molecule has 1 N–H and O–H groups in total. The average molecular weight is 463 g/mol. The highest BCUT2D eigenvalue weighted by Gasteiger charge is 2.31. The highest BCUT2D eigenvalue weighted by atomic mass is 32.2. The minimum atomic E-state index is -4.77. The van der Waals surface area contributed by atoms with E-state index in [9.17, 15) is 39.6 Å². The lowest BCUT2D eigenvalue weighted by molar-refractivity contribution is -0.137. The predicted molar refractivity (Wildman–Crippen MR) is 99.5 cm³/mol. The summed E-state index contributed by atoms with van der Waals surface area (Å²) < 4.78 is 101. The van der Waals surface area contributed by atoms with E-state index in [2.05, 4.69) is 5.92 Å². The van der Waals surface area contributed by atoms with Gasteiger partial charge in [-0.05, 0) is 35.4 Å². The summed E-state index contributed by atoms with van der Waals surface area (Å²) in [5.41, 5.74) is -0.648. The molecular weight excluding hydrogens is 448 g/mol. The first-order valence-corrected chi connectivity index (χ1v) is 10.0. The van der Waals surface area contributed by atoms with Gasteiger partial charge in [0.2, 0.25) is 10.0 Å². The van der Waals surface area contributed by atoms with E-state index in [4.69, 9.17) is 6.42 Å². The number of carbonyl (C=O) groups excluding carboxylic acids is 1. The average Bonchev–Trinajstić information content (AvgIpc) is 2.65. The van der Waals surface area contributed by atoms with Crippen molar-refractivity contribution in [1.29, 1.82) is 0 Å². The fourth-order valence-electron chi connectivity index (χ4n) is 2.64. The molecule has 0 aliphatic rings. The Balaban J connectivity index is 2.23. The third-order valence-corrected chi connectivity index (χ3v) is 5.45. The molecule has 11 heteroatoms. The number of alkyl halides is 6. The molecule has 0 aromatic heterocycles. The van der Waals surface area contributed by atoms with Crippen LogP contribution < -0.4 is 4.72 Å². The molecule has 2 aromatic carbocycles. The number of Topliss-reactive ketones (excluding diaryl/α,β-unsaturated/α-hetero) is 1. The number of hydrogen-bond donors (Lipinski definition) is 1. The van der Waals surface area contributed by atoms with E-state index in [1.54, 1.807) is 0 Å². The van der Waals surface area contributed by atoms with Crippen LogP contribution in [0, 0.1) is 12.3 Å². The Kier molecular flexibility index (Phi) is 7.18. The van der Waals surface area contributed by atoms with E-state index >= 15 is 0 Å². The summed E-state index contributed by atoms with van der Waals surface area (Å²) in [4.78, 5) is 11.8. The molecule has 0 atom stereocenters. The van der Waals surface area contributed by atoms with Gasteiger partial charge in [-0.25, -0.2) is 13.1 Å². The quantitative estimate of drug-likeness (QED) is 0.501. The van der Waals surface area contributed by atoms with Crippen molar-refractivity contribution in [2.45, 2.75) is 30.1 Å². The van der Waals surface area contributed by atoms with Crippen molar-refractivity contribution in [3.8, 4) is 12.3 Å². The number of ketones is 1. The van der Waals surface area contributed by atoms with Crippen molar-refractivity contribution in [2.75, 3.05) is 6.54 Å². The highest BCUT2D eigenvalue weighted by Crippen LogP contribution is 2.29. The first-order valence-electron chi connectivity index (χ1n) is 8.55. The second-order valence-electron chi connectivity index (χ2n) is 6.49. The van der Waals surface area contributed by atoms with Crippen LogP contribution in [0.1, 0.15) is 22.3 Å². The van der Waals surface area contributed by atoms with Crippen LogP contribution in [0.4, 0.5) is 26.3 Å². The van der Waals surface area contributed by atoms with Crippen molar-refractivity contribution in [3.05, 3.63) is 64.7 Å². The second kappa shape index (κ2) is 9.11. The van der Waals surface area contributed by atoms with Gasteiger partial charge in [0.05, 0.1) is 10.5 Å². The molecule has 0 bridgehead atoms. The van der Waals surface area contributed by atoms with Crippen LogP contribution in [-0.2, 0) is 33.8 Å². The van der Waals surface area contributed by atoms with E-state index in [0.717, 1.165) is 36.4 Å². The molecule has 2 aromatic rings. The fourth-order valence-corrected chi connectivity index (χ4v) is 3.71. The monoisotopic (exact) mass is 463 g/mol. The molecule has 0 saturated carbocycles. The van der Waals surface area contributed by atoms with E-state index in [0.29, 0.717) is 0 Å². The number of hydrogen-bond acceptors (Lipinski definition) is 3. The topological polar surface area (TPSA) is 63.2 Å². The molecular formula is C20H15F6NO3S. The zero-order valence-electron chi connectivity index (χ0n) is 15.6. The van der Waals surface area contributed by atoms with Crippen LogP contribution in [0.5, 0.6) is 0 Å². The largest absolute Gasteiger partial charge is 0.416 e. The molecule has 0 unspecified atom stereocenters. The van der Waals surface area contributed by atoms with Crippen LogP contribution in [0.15, 0.2) is 47.4 Å². The van der Waals surface area contributed by atoms with Gasteiger partial charge in [-0.3, -0.25) is 4.79 Å².